The Labute approximate surface area is 147 Å². The summed E-state index contributed by atoms with van der Waals surface area (Å²) in [4.78, 5) is 12.4. The number of aromatic nitrogens is 1. The number of carbonyl (C=O) groups excluding carboxylic acids is 1. The summed E-state index contributed by atoms with van der Waals surface area (Å²) >= 11 is 0. The number of ketones is 1. The zero-order valence-corrected chi connectivity index (χ0v) is 14.7. The predicted octanol–water partition coefficient (Wildman–Crippen LogP) is 3.85. The van der Waals surface area contributed by atoms with E-state index in [1.54, 1.807) is 24.3 Å². The number of rotatable bonds is 4. The molecular formula is C20H23N3O2. The smallest absolute Gasteiger partial charge is 0.169 e. The maximum Gasteiger partial charge on any atom is 0.169 e. The van der Waals surface area contributed by atoms with E-state index in [4.69, 9.17) is 5.73 Å². The third kappa shape index (κ3) is 3.67. The Kier molecular flexibility index (Phi) is 4.27. The van der Waals surface area contributed by atoms with Crippen LogP contribution in [0.5, 0.6) is 0 Å². The van der Waals surface area contributed by atoms with E-state index < -0.39 is 11.6 Å². The standard InChI is InChI=1S/C20H23N3O2/c1-20(2,3)18(24)14-10-17-11-16(8-9-23(17)12-14)22-19(25)13-4-6-15(21)7-5-13/h4-12,19,22,25H,21H2,1-3H3. The Bertz CT molecular complexity index is 905. The topological polar surface area (TPSA) is 79.8 Å². The van der Waals surface area contributed by atoms with Gasteiger partial charge in [-0.1, -0.05) is 32.9 Å². The number of nitrogens with zero attached hydrogens (tertiary/aromatic N) is 1. The SMILES string of the molecule is CC(C)(C)C(=O)c1cc2cc(NC(O)c3ccc(N)cc3)ccn2c1. The van der Waals surface area contributed by atoms with Crippen LogP contribution in [0, 0.1) is 5.41 Å². The maximum atomic E-state index is 12.4. The minimum absolute atomic E-state index is 0.104. The van der Waals surface area contributed by atoms with Crippen LogP contribution >= 0.6 is 0 Å². The molecule has 2 heterocycles. The van der Waals surface area contributed by atoms with Gasteiger partial charge in [0, 0.05) is 45.8 Å². The van der Waals surface area contributed by atoms with Gasteiger partial charge in [-0.2, -0.15) is 0 Å². The molecule has 1 aromatic carbocycles. The molecule has 3 aromatic rings. The molecule has 5 heteroatoms. The van der Waals surface area contributed by atoms with E-state index in [1.165, 1.54) is 0 Å². The fourth-order valence-electron chi connectivity index (χ4n) is 2.68. The first-order valence-electron chi connectivity index (χ1n) is 8.21. The fourth-order valence-corrected chi connectivity index (χ4v) is 2.68. The first kappa shape index (κ1) is 17.0. The zero-order chi connectivity index (χ0) is 18.2. The molecule has 3 rings (SSSR count). The quantitative estimate of drug-likeness (QED) is 0.384. The number of nitrogens with one attached hydrogen (secondary N) is 1. The van der Waals surface area contributed by atoms with Crippen molar-refractivity contribution in [3.05, 3.63) is 66.0 Å². The number of hydrogen-bond donors (Lipinski definition) is 3. The van der Waals surface area contributed by atoms with E-state index in [-0.39, 0.29) is 5.78 Å². The van der Waals surface area contributed by atoms with Crippen molar-refractivity contribution in [2.45, 2.75) is 27.0 Å². The minimum Gasteiger partial charge on any atom is -0.399 e. The van der Waals surface area contributed by atoms with Gasteiger partial charge in [0.15, 0.2) is 12.0 Å². The molecule has 1 atom stereocenters. The van der Waals surface area contributed by atoms with E-state index >= 15 is 0 Å². The Hall–Kier alpha value is -2.79. The summed E-state index contributed by atoms with van der Waals surface area (Å²) in [5.41, 5.74) is 8.97. The van der Waals surface area contributed by atoms with Crippen LogP contribution in [0.15, 0.2) is 54.9 Å². The van der Waals surface area contributed by atoms with E-state index in [2.05, 4.69) is 5.32 Å². The monoisotopic (exact) mass is 337 g/mol. The van der Waals surface area contributed by atoms with Crippen molar-refractivity contribution < 1.29 is 9.90 Å². The average Bonchev–Trinajstić information content (AvgIpc) is 2.96. The second-order valence-electron chi connectivity index (χ2n) is 7.27. The molecular weight excluding hydrogens is 314 g/mol. The number of anilines is 2. The molecule has 4 N–H and O–H groups in total. The van der Waals surface area contributed by atoms with Gasteiger partial charge in [0.1, 0.15) is 0 Å². The van der Waals surface area contributed by atoms with Crippen molar-refractivity contribution >= 4 is 22.7 Å². The van der Waals surface area contributed by atoms with E-state index in [9.17, 15) is 9.90 Å². The van der Waals surface area contributed by atoms with E-state index in [0.717, 1.165) is 16.8 Å². The van der Waals surface area contributed by atoms with Gasteiger partial charge in [-0.05, 0) is 30.3 Å². The van der Waals surface area contributed by atoms with Gasteiger partial charge in [0.05, 0.1) is 0 Å². The van der Waals surface area contributed by atoms with Crippen molar-refractivity contribution in [1.29, 1.82) is 0 Å². The first-order chi connectivity index (χ1) is 11.7. The van der Waals surface area contributed by atoms with E-state index in [0.29, 0.717) is 11.3 Å². The average molecular weight is 337 g/mol. The van der Waals surface area contributed by atoms with Crippen LogP contribution in [0.3, 0.4) is 0 Å². The lowest BCUT2D eigenvalue weighted by molar-refractivity contribution is 0.0858. The van der Waals surface area contributed by atoms with Gasteiger partial charge in [0.25, 0.3) is 0 Å². The predicted molar refractivity (Wildman–Crippen MR) is 101 cm³/mol. The second-order valence-corrected chi connectivity index (χ2v) is 7.27. The normalized spacial score (nSPS) is 13.0. The summed E-state index contributed by atoms with van der Waals surface area (Å²) in [6, 6.07) is 12.7. The number of carbonyl (C=O) groups is 1. The highest BCUT2D eigenvalue weighted by Gasteiger charge is 2.23. The Morgan fingerprint density at radius 1 is 1.16 bits per heavy atom. The third-order valence-electron chi connectivity index (χ3n) is 4.10. The number of Topliss-reactive ketones (excluding diaryl/α,β-unsaturated/α-hetero) is 1. The summed E-state index contributed by atoms with van der Waals surface area (Å²) in [7, 11) is 0. The van der Waals surface area contributed by atoms with Crippen molar-refractivity contribution in [3.8, 4) is 0 Å². The number of fused-ring (bicyclic) bond motifs is 1. The molecule has 0 amide bonds. The number of aliphatic hydroxyl groups excluding tert-OH is 1. The highest BCUT2D eigenvalue weighted by molar-refractivity contribution is 6.01. The molecule has 0 fully saturated rings. The molecule has 0 saturated heterocycles. The molecule has 25 heavy (non-hydrogen) atoms. The van der Waals surface area contributed by atoms with Crippen molar-refractivity contribution in [3.63, 3.8) is 0 Å². The first-order valence-corrected chi connectivity index (χ1v) is 8.21. The van der Waals surface area contributed by atoms with Crippen LogP contribution in [-0.4, -0.2) is 15.3 Å². The Morgan fingerprint density at radius 2 is 1.84 bits per heavy atom. The molecule has 0 aliphatic rings. The minimum atomic E-state index is -0.839. The Balaban J connectivity index is 1.83. The molecule has 2 aromatic heterocycles. The number of benzene rings is 1. The lowest BCUT2D eigenvalue weighted by Gasteiger charge is -2.15. The van der Waals surface area contributed by atoms with Crippen molar-refractivity contribution in [2.75, 3.05) is 11.1 Å². The molecule has 0 spiro atoms. The molecule has 0 aliphatic heterocycles. The van der Waals surface area contributed by atoms with Gasteiger partial charge in [-0.15, -0.1) is 0 Å². The zero-order valence-electron chi connectivity index (χ0n) is 14.7. The van der Waals surface area contributed by atoms with Crippen molar-refractivity contribution in [2.24, 2.45) is 5.41 Å². The highest BCUT2D eigenvalue weighted by atomic mass is 16.3. The number of aliphatic hydroxyl groups is 1. The van der Waals surface area contributed by atoms with Crippen LogP contribution in [0.2, 0.25) is 0 Å². The molecule has 0 saturated carbocycles. The summed E-state index contributed by atoms with van der Waals surface area (Å²) in [5.74, 6) is 0.104. The van der Waals surface area contributed by atoms with E-state index in [1.807, 2.05) is 55.8 Å². The summed E-state index contributed by atoms with van der Waals surface area (Å²) in [6.45, 7) is 5.73. The molecule has 5 nitrogen and oxygen atoms in total. The molecule has 0 radical (unpaired) electrons. The number of nitrogen functional groups attached to an aromatic ring is 1. The van der Waals surface area contributed by atoms with Gasteiger partial charge in [-0.3, -0.25) is 4.79 Å². The van der Waals surface area contributed by atoms with Gasteiger partial charge in [-0.25, -0.2) is 0 Å². The van der Waals surface area contributed by atoms with Crippen LogP contribution < -0.4 is 11.1 Å². The van der Waals surface area contributed by atoms with Crippen LogP contribution in [0.4, 0.5) is 11.4 Å². The summed E-state index contributed by atoms with van der Waals surface area (Å²) < 4.78 is 1.90. The Morgan fingerprint density at radius 3 is 2.48 bits per heavy atom. The van der Waals surface area contributed by atoms with Gasteiger partial charge >= 0.3 is 0 Å². The summed E-state index contributed by atoms with van der Waals surface area (Å²) in [5, 5.41) is 13.4. The molecule has 130 valence electrons. The third-order valence-corrected chi connectivity index (χ3v) is 4.10. The second kappa shape index (κ2) is 6.26. The number of nitrogens with two attached hydrogens (primary N) is 1. The highest BCUT2D eigenvalue weighted by Crippen LogP contribution is 2.25. The maximum absolute atomic E-state index is 12.4. The molecule has 0 bridgehead atoms. The van der Waals surface area contributed by atoms with Crippen LogP contribution in [0.25, 0.3) is 5.52 Å². The molecule has 1 unspecified atom stereocenters. The fraction of sp³-hybridized carbons (Fsp3) is 0.250. The van der Waals surface area contributed by atoms with Gasteiger partial charge in [0.2, 0.25) is 0 Å². The lowest BCUT2D eigenvalue weighted by atomic mass is 9.87. The lowest BCUT2D eigenvalue weighted by Crippen LogP contribution is -2.19. The van der Waals surface area contributed by atoms with Crippen molar-refractivity contribution in [1.82, 2.24) is 4.40 Å². The number of hydrogen-bond acceptors (Lipinski definition) is 4. The summed E-state index contributed by atoms with van der Waals surface area (Å²) in [6.07, 6.45) is 2.87. The number of pyridine rings is 1. The molecule has 0 aliphatic carbocycles. The van der Waals surface area contributed by atoms with Crippen LogP contribution in [0.1, 0.15) is 42.9 Å². The van der Waals surface area contributed by atoms with Crippen LogP contribution in [-0.2, 0) is 0 Å². The van der Waals surface area contributed by atoms with Gasteiger partial charge < -0.3 is 20.6 Å². The largest absolute Gasteiger partial charge is 0.399 e.